The monoisotopic (exact) mass is 242 g/mol. The molecular formula is C13H26N2O2. The topological polar surface area (TPSA) is 47.7 Å². The lowest BCUT2D eigenvalue weighted by atomic mass is 9.88. The van der Waals surface area contributed by atoms with Crippen molar-refractivity contribution in [3.63, 3.8) is 0 Å². The molecule has 0 bridgehead atoms. The molecule has 0 radical (unpaired) electrons. The SMILES string of the molecule is CCOC1CCN(C2(CN)CCCOC2)CC1. The van der Waals surface area contributed by atoms with Crippen molar-refractivity contribution in [3.05, 3.63) is 0 Å². The average Bonchev–Trinajstić information content (AvgIpc) is 2.41. The summed E-state index contributed by atoms with van der Waals surface area (Å²) in [5.41, 5.74) is 6.12. The molecule has 2 heterocycles. The number of piperidine rings is 1. The molecule has 0 spiro atoms. The minimum absolute atomic E-state index is 0.107. The van der Waals surface area contributed by atoms with Gasteiger partial charge in [0.15, 0.2) is 0 Å². The molecular weight excluding hydrogens is 216 g/mol. The van der Waals surface area contributed by atoms with Crippen molar-refractivity contribution < 1.29 is 9.47 Å². The van der Waals surface area contributed by atoms with Gasteiger partial charge < -0.3 is 15.2 Å². The number of ether oxygens (including phenoxy) is 2. The largest absolute Gasteiger partial charge is 0.379 e. The van der Waals surface area contributed by atoms with Crippen molar-refractivity contribution in [3.8, 4) is 0 Å². The van der Waals surface area contributed by atoms with Crippen LogP contribution in [0.25, 0.3) is 0 Å². The zero-order valence-corrected chi connectivity index (χ0v) is 11.0. The first-order valence-corrected chi connectivity index (χ1v) is 6.95. The summed E-state index contributed by atoms with van der Waals surface area (Å²) in [5, 5.41) is 0. The van der Waals surface area contributed by atoms with Crippen molar-refractivity contribution >= 4 is 0 Å². The molecule has 2 aliphatic rings. The van der Waals surface area contributed by atoms with Crippen LogP contribution >= 0.6 is 0 Å². The fraction of sp³-hybridized carbons (Fsp3) is 1.00. The maximum Gasteiger partial charge on any atom is 0.0662 e. The van der Waals surface area contributed by atoms with Crippen LogP contribution in [0.2, 0.25) is 0 Å². The van der Waals surface area contributed by atoms with Crippen molar-refractivity contribution in [1.29, 1.82) is 0 Å². The maximum atomic E-state index is 6.01. The third-order valence-corrected chi connectivity index (χ3v) is 4.20. The Morgan fingerprint density at radius 3 is 2.71 bits per heavy atom. The summed E-state index contributed by atoms with van der Waals surface area (Å²) < 4.78 is 11.3. The van der Waals surface area contributed by atoms with Crippen molar-refractivity contribution in [2.45, 2.75) is 44.2 Å². The van der Waals surface area contributed by atoms with Crippen LogP contribution in [-0.4, -0.2) is 56.0 Å². The second-order valence-corrected chi connectivity index (χ2v) is 5.23. The molecule has 0 aromatic heterocycles. The summed E-state index contributed by atoms with van der Waals surface area (Å²) in [5.74, 6) is 0. The first-order valence-electron chi connectivity index (χ1n) is 6.95. The van der Waals surface area contributed by atoms with Gasteiger partial charge in [-0.15, -0.1) is 0 Å². The van der Waals surface area contributed by atoms with E-state index in [-0.39, 0.29) is 5.54 Å². The Hall–Kier alpha value is -0.160. The lowest BCUT2D eigenvalue weighted by molar-refractivity contribution is -0.0738. The minimum Gasteiger partial charge on any atom is -0.379 e. The molecule has 0 aromatic rings. The molecule has 4 nitrogen and oxygen atoms in total. The van der Waals surface area contributed by atoms with Crippen molar-refractivity contribution in [2.24, 2.45) is 5.73 Å². The molecule has 2 aliphatic heterocycles. The van der Waals surface area contributed by atoms with E-state index in [4.69, 9.17) is 15.2 Å². The van der Waals surface area contributed by atoms with Gasteiger partial charge in [-0.05, 0) is 32.6 Å². The van der Waals surface area contributed by atoms with Gasteiger partial charge in [0.2, 0.25) is 0 Å². The predicted molar refractivity (Wildman–Crippen MR) is 68.1 cm³/mol. The van der Waals surface area contributed by atoms with Crippen LogP contribution in [0.1, 0.15) is 32.6 Å². The van der Waals surface area contributed by atoms with Gasteiger partial charge in [0.25, 0.3) is 0 Å². The highest BCUT2D eigenvalue weighted by Gasteiger charge is 2.39. The fourth-order valence-corrected chi connectivity index (χ4v) is 3.11. The zero-order chi connectivity index (χ0) is 12.1. The normalized spacial score (nSPS) is 32.8. The van der Waals surface area contributed by atoms with E-state index in [1.807, 2.05) is 0 Å². The Morgan fingerprint density at radius 2 is 2.18 bits per heavy atom. The highest BCUT2D eigenvalue weighted by Crippen LogP contribution is 2.29. The molecule has 0 saturated carbocycles. The summed E-state index contributed by atoms with van der Waals surface area (Å²) in [7, 11) is 0. The Kier molecular flexibility index (Phi) is 4.79. The molecule has 2 saturated heterocycles. The number of nitrogens with two attached hydrogens (primary N) is 1. The summed E-state index contributed by atoms with van der Waals surface area (Å²) in [6.45, 7) is 7.53. The predicted octanol–water partition coefficient (Wildman–Crippen LogP) is 0.995. The quantitative estimate of drug-likeness (QED) is 0.799. The lowest BCUT2D eigenvalue weighted by Gasteiger charge is -2.48. The maximum absolute atomic E-state index is 6.01. The van der Waals surface area contributed by atoms with Crippen LogP contribution in [0.4, 0.5) is 0 Å². The molecule has 0 aliphatic carbocycles. The van der Waals surface area contributed by atoms with E-state index in [9.17, 15) is 0 Å². The van der Waals surface area contributed by atoms with E-state index < -0.39 is 0 Å². The number of nitrogens with zero attached hydrogens (tertiary/aromatic N) is 1. The van der Waals surface area contributed by atoms with E-state index in [1.165, 1.54) is 6.42 Å². The minimum atomic E-state index is 0.107. The summed E-state index contributed by atoms with van der Waals surface area (Å²) in [6.07, 6.45) is 5.05. The standard InChI is InChI=1S/C13H26N2O2/c1-2-17-12-4-7-15(8-5-12)13(10-14)6-3-9-16-11-13/h12H,2-11,14H2,1H3. The second kappa shape index (κ2) is 6.14. The van der Waals surface area contributed by atoms with E-state index in [2.05, 4.69) is 11.8 Å². The van der Waals surface area contributed by atoms with Gasteiger partial charge in [-0.1, -0.05) is 0 Å². The number of hydrogen-bond acceptors (Lipinski definition) is 4. The Morgan fingerprint density at radius 1 is 1.41 bits per heavy atom. The smallest absolute Gasteiger partial charge is 0.0662 e. The zero-order valence-electron chi connectivity index (χ0n) is 11.0. The van der Waals surface area contributed by atoms with E-state index in [0.717, 1.165) is 52.2 Å². The van der Waals surface area contributed by atoms with Crippen molar-refractivity contribution in [1.82, 2.24) is 4.90 Å². The number of likely N-dealkylation sites (tertiary alicyclic amines) is 1. The first kappa shape index (κ1) is 13.3. The van der Waals surface area contributed by atoms with Crippen LogP contribution in [-0.2, 0) is 9.47 Å². The summed E-state index contributed by atoms with van der Waals surface area (Å²) in [4.78, 5) is 2.54. The highest BCUT2D eigenvalue weighted by molar-refractivity contribution is 4.95. The third kappa shape index (κ3) is 2.99. The molecule has 2 rings (SSSR count). The summed E-state index contributed by atoms with van der Waals surface area (Å²) in [6, 6.07) is 0. The number of rotatable bonds is 4. The lowest BCUT2D eigenvalue weighted by Crippen LogP contribution is -2.61. The molecule has 1 unspecified atom stereocenters. The van der Waals surface area contributed by atoms with Gasteiger partial charge >= 0.3 is 0 Å². The highest BCUT2D eigenvalue weighted by atomic mass is 16.5. The molecule has 2 N–H and O–H groups in total. The van der Waals surface area contributed by atoms with Gasteiger partial charge in [-0.3, -0.25) is 4.90 Å². The average molecular weight is 242 g/mol. The Balaban J connectivity index is 1.89. The molecule has 17 heavy (non-hydrogen) atoms. The number of hydrogen-bond donors (Lipinski definition) is 1. The first-order chi connectivity index (χ1) is 8.30. The van der Waals surface area contributed by atoms with E-state index in [0.29, 0.717) is 12.6 Å². The van der Waals surface area contributed by atoms with Gasteiger partial charge in [-0.2, -0.15) is 0 Å². The Bertz CT molecular complexity index is 221. The van der Waals surface area contributed by atoms with E-state index in [1.54, 1.807) is 0 Å². The second-order valence-electron chi connectivity index (χ2n) is 5.23. The fourth-order valence-electron chi connectivity index (χ4n) is 3.11. The molecule has 1 atom stereocenters. The molecule has 2 fully saturated rings. The van der Waals surface area contributed by atoms with Gasteiger partial charge in [-0.25, -0.2) is 0 Å². The molecule has 4 heteroatoms. The molecule has 0 amide bonds. The van der Waals surface area contributed by atoms with Crippen LogP contribution < -0.4 is 5.73 Å². The van der Waals surface area contributed by atoms with Gasteiger partial charge in [0, 0.05) is 32.8 Å². The van der Waals surface area contributed by atoms with Crippen LogP contribution in [0.15, 0.2) is 0 Å². The van der Waals surface area contributed by atoms with Gasteiger partial charge in [0.05, 0.1) is 18.2 Å². The molecule has 100 valence electrons. The Labute approximate surface area is 104 Å². The van der Waals surface area contributed by atoms with Crippen molar-refractivity contribution in [2.75, 3.05) is 39.5 Å². The third-order valence-electron chi connectivity index (χ3n) is 4.20. The van der Waals surface area contributed by atoms with Crippen LogP contribution in [0.3, 0.4) is 0 Å². The summed E-state index contributed by atoms with van der Waals surface area (Å²) >= 11 is 0. The van der Waals surface area contributed by atoms with Crippen LogP contribution in [0.5, 0.6) is 0 Å². The van der Waals surface area contributed by atoms with Gasteiger partial charge in [0.1, 0.15) is 0 Å². The molecule has 0 aromatic carbocycles. The van der Waals surface area contributed by atoms with Crippen LogP contribution in [0, 0.1) is 0 Å². The van der Waals surface area contributed by atoms with E-state index >= 15 is 0 Å².